The third-order valence-electron chi connectivity index (χ3n) is 4.84. The molecule has 138 valence electrons. The van der Waals surface area contributed by atoms with Gasteiger partial charge in [0.15, 0.2) is 11.5 Å². The van der Waals surface area contributed by atoms with Crippen LogP contribution in [0.15, 0.2) is 36.2 Å². The van der Waals surface area contributed by atoms with Crippen LogP contribution in [0.3, 0.4) is 0 Å². The summed E-state index contributed by atoms with van der Waals surface area (Å²) in [6, 6.07) is 5.32. The van der Waals surface area contributed by atoms with Crippen LogP contribution in [0.25, 0.3) is 22.4 Å². The quantitative estimate of drug-likeness (QED) is 0.685. The lowest BCUT2D eigenvalue weighted by Crippen LogP contribution is -2.20. The molecule has 3 N–H and O–H groups in total. The van der Waals surface area contributed by atoms with Crippen LogP contribution in [0.1, 0.15) is 36.3 Å². The highest BCUT2D eigenvalue weighted by Crippen LogP contribution is 2.47. The van der Waals surface area contributed by atoms with E-state index in [-0.39, 0.29) is 11.2 Å². The molecule has 0 saturated carbocycles. The monoisotopic (exact) mass is 379 g/mol. The maximum absolute atomic E-state index is 9.75. The molecule has 2 heterocycles. The van der Waals surface area contributed by atoms with Gasteiger partial charge in [0.1, 0.15) is 17.0 Å². The van der Waals surface area contributed by atoms with Gasteiger partial charge in [-0.05, 0) is 35.8 Å². The molecule has 0 bridgehead atoms. The predicted molar refractivity (Wildman–Crippen MR) is 111 cm³/mol. The molecule has 0 aliphatic heterocycles. The second-order valence-corrected chi connectivity index (χ2v) is 8.33. The highest BCUT2D eigenvalue weighted by Gasteiger charge is 2.32. The minimum atomic E-state index is -0.00574. The molecule has 1 aliphatic rings. The number of benzene rings is 1. The topological polar surface area (TPSA) is 81.3 Å². The van der Waals surface area contributed by atoms with Gasteiger partial charge >= 0.3 is 0 Å². The fourth-order valence-electron chi connectivity index (χ4n) is 3.55. The van der Waals surface area contributed by atoms with Crippen LogP contribution >= 0.6 is 11.3 Å². The Morgan fingerprint density at radius 2 is 2.07 bits per heavy atom. The smallest absolute Gasteiger partial charge is 0.161 e. The van der Waals surface area contributed by atoms with Gasteiger partial charge in [-0.3, -0.25) is 0 Å². The molecule has 6 heteroatoms. The Balaban J connectivity index is 1.77. The number of aromatic nitrogens is 2. The van der Waals surface area contributed by atoms with E-state index in [2.05, 4.69) is 36.0 Å². The molecule has 0 spiro atoms. The number of rotatable bonds is 3. The van der Waals surface area contributed by atoms with Gasteiger partial charge in [-0.15, -0.1) is 11.3 Å². The predicted octanol–water partition coefficient (Wildman–Crippen LogP) is 4.77. The molecule has 0 radical (unpaired) electrons. The van der Waals surface area contributed by atoms with Crippen molar-refractivity contribution in [3.63, 3.8) is 0 Å². The Morgan fingerprint density at radius 3 is 2.85 bits per heavy atom. The first kappa shape index (κ1) is 17.5. The van der Waals surface area contributed by atoms with Gasteiger partial charge in [-0.2, -0.15) is 0 Å². The second kappa shape index (κ2) is 6.39. The number of phenols is 1. The zero-order valence-electron chi connectivity index (χ0n) is 15.5. The zero-order chi connectivity index (χ0) is 19.2. The summed E-state index contributed by atoms with van der Waals surface area (Å²) >= 11 is 1.70. The number of phenolic OH excluding ortho intramolecular Hbond substituents is 1. The highest BCUT2D eigenvalue weighted by atomic mass is 32.1. The van der Waals surface area contributed by atoms with Gasteiger partial charge in [0, 0.05) is 15.9 Å². The van der Waals surface area contributed by atoms with Crippen molar-refractivity contribution in [2.24, 2.45) is 0 Å². The number of methoxy groups -OCH3 is 1. The van der Waals surface area contributed by atoms with Crippen molar-refractivity contribution < 1.29 is 9.84 Å². The summed E-state index contributed by atoms with van der Waals surface area (Å²) < 4.78 is 5.18. The maximum Gasteiger partial charge on any atom is 0.161 e. The number of thiophene rings is 1. The van der Waals surface area contributed by atoms with Crippen LogP contribution in [-0.2, 0) is 5.41 Å². The van der Waals surface area contributed by atoms with Crippen LogP contribution in [0, 0.1) is 0 Å². The fourth-order valence-corrected chi connectivity index (χ4v) is 4.78. The summed E-state index contributed by atoms with van der Waals surface area (Å²) in [7, 11) is 1.55. The second-order valence-electron chi connectivity index (χ2n) is 7.33. The van der Waals surface area contributed by atoms with Crippen molar-refractivity contribution in [3.05, 3.63) is 52.2 Å². The average molecular weight is 379 g/mol. The van der Waals surface area contributed by atoms with Crippen LogP contribution < -0.4 is 10.5 Å². The number of nitrogens with two attached hydrogens (primary N) is 1. The largest absolute Gasteiger partial charge is 0.504 e. The molecule has 5 nitrogen and oxygen atoms in total. The van der Waals surface area contributed by atoms with Crippen molar-refractivity contribution in [2.75, 3.05) is 12.8 Å². The Morgan fingerprint density at radius 1 is 1.26 bits per heavy atom. The number of aromatic hydroxyl groups is 1. The van der Waals surface area contributed by atoms with Crippen molar-refractivity contribution in [3.8, 4) is 11.5 Å². The van der Waals surface area contributed by atoms with Gasteiger partial charge < -0.3 is 15.6 Å². The highest BCUT2D eigenvalue weighted by molar-refractivity contribution is 7.19. The normalized spacial score (nSPS) is 15.7. The Labute approximate surface area is 161 Å². The number of anilines is 1. The van der Waals surface area contributed by atoms with Gasteiger partial charge in [-0.1, -0.05) is 32.1 Å². The maximum atomic E-state index is 9.75. The molecular weight excluding hydrogens is 358 g/mol. The number of allylic oxidation sites excluding steroid dienone is 2. The van der Waals surface area contributed by atoms with E-state index >= 15 is 0 Å². The van der Waals surface area contributed by atoms with E-state index in [4.69, 9.17) is 10.5 Å². The first-order chi connectivity index (χ1) is 12.9. The standard InChI is InChI=1S/C21H21N3O2S/c1-21(2)10-13(5-4-12-6-7-15(25)16(9-12)26-3)8-14-17-19(22)23-11-24-20(17)27-18(14)21/h4-9,11,25H,10H2,1-3H3,(H2,22,23,24)/b5-4+. The van der Waals surface area contributed by atoms with E-state index in [0.717, 1.165) is 27.8 Å². The Kier molecular flexibility index (Phi) is 4.15. The number of ether oxygens (including phenoxy) is 1. The fraction of sp³-hybridized carbons (Fsp3) is 0.238. The van der Waals surface area contributed by atoms with Crippen molar-refractivity contribution >= 4 is 39.5 Å². The zero-order valence-corrected chi connectivity index (χ0v) is 16.3. The molecule has 0 atom stereocenters. The molecule has 4 rings (SSSR count). The molecule has 1 aliphatic carbocycles. The minimum Gasteiger partial charge on any atom is -0.504 e. The first-order valence-electron chi connectivity index (χ1n) is 8.68. The SMILES string of the molecule is COc1cc(/C=C/C2=Cc3c(sc4ncnc(N)c34)C(C)(C)C2)ccc1O. The van der Waals surface area contributed by atoms with E-state index in [1.54, 1.807) is 24.5 Å². The summed E-state index contributed by atoms with van der Waals surface area (Å²) in [5.74, 6) is 1.13. The van der Waals surface area contributed by atoms with Crippen LogP contribution in [0.5, 0.6) is 11.5 Å². The molecule has 1 aromatic carbocycles. The Bertz CT molecular complexity index is 1100. The van der Waals surface area contributed by atoms with Gasteiger partial charge in [-0.25, -0.2) is 9.97 Å². The van der Waals surface area contributed by atoms with Gasteiger partial charge in [0.2, 0.25) is 0 Å². The van der Waals surface area contributed by atoms with Crippen molar-refractivity contribution in [1.82, 2.24) is 9.97 Å². The number of nitrogens with zero attached hydrogens (tertiary/aromatic N) is 2. The minimum absolute atomic E-state index is 0.00574. The third kappa shape index (κ3) is 3.06. The van der Waals surface area contributed by atoms with E-state index in [1.165, 1.54) is 16.8 Å². The first-order valence-corrected chi connectivity index (χ1v) is 9.50. The molecule has 0 amide bonds. The number of nitrogen functional groups attached to an aromatic ring is 1. The molecule has 0 saturated heterocycles. The third-order valence-corrected chi connectivity index (χ3v) is 6.32. The number of hydrogen-bond donors (Lipinski definition) is 2. The van der Waals surface area contributed by atoms with E-state index in [1.807, 2.05) is 18.2 Å². The summed E-state index contributed by atoms with van der Waals surface area (Å²) in [6.45, 7) is 4.49. The molecule has 0 fully saturated rings. The summed E-state index contributed by atoms with van der Waals surface area (Å²) in [4.78, 5) is 10.8. The lowest BCUT2D eigenvalue weighted by atomic mass is 9.77. The van der Waals surface area contributed by atoms with E-state index < -0.39 is 0 Å². The molecular formula is C21H21N3O2S. The number of fused-ring (bicyclic) bond motifs is 3. The lowest BCUT2D eigenvalue weighted by molar-refractivity contribution is 0.373. The van der Waals surface area contributed by atoms with E-state index in [9.17, 15) is 5.11 Å². The average Bonchev–Trinajstić information content (AvgIpc) is 3.02. The molecule has 27 heavy (non-hydrogen) atoms. The van der Waals surface area contributed by atoms with Crippen molar-refractivity contribution in [1.29, 1.82) is 0 Å². The van der Waals surface area contributed by atoms with Gasteiger partial charge in [0.05, 0.1) is 12.5 Å². The van der Waals surface area contributed by atoms with Crippen LogP contribution in [0.4, 0.5) is 5.82 Å². The van der Waals surface area contributed by atoms with Crippen LogP contribution in [-0.4, -0.2) is 22.2 Å². The van der Waals surface area contributed by atoms with Crippen LogP contribution in [0.2, 0.25) is 0 Å². The van der Waals surface area contributed by atoms with E-state index in [0.29, 0.717) is 11.6 Å². The van der Waals surface area contributed by atoms with Crippen molar-refractivity contribution in [2.45, 2.75) is 25.7 Å². The lowest BCUT2D eigenvalue weighted by Gasteiger charge is -2.29. The number of hydrogen-bond acceptors (Lipinski definition) is 6. The molecule has 3 aromatic rings. The summed E-state index contributed by atoms with van der Waals surface area (Å²) in [5.41, 5.74) is 9.44. The summed E-state index contributed by atoms with van der Waals surface area (Å²) in [6.07, 6.45) is 8.78. The van der Waals surface area contributed by atoms with Gasteiger partial charge in [0.25, 0.3) is 0 Å². The molecule has 0 unspecified atom stereocenters. The Hall–Kier alpha value is -2.86. The summed E-state index contributed by atoms with van der Waals surface area (Å²) in [5, 5.41) is 10.7. The molecule has 2 aromatic heterocycles.